The van der Waals surface area contributed by atoms with Crippen LogP contribution in [0.2, 0.25) is 0 Å². The molecule has 2 atom stereocenters. The molecule has 1 aliphatic heterocycles. The number of fused-ring (bicyclic) bond motifs is 2. The van der Waals surface area contributed by atoms with Gasteiger partial charge in [-0.05, 0) is 81.0 Å². The molecule has 2 saturated carbocycles. The van der Waals surface area contributed by atoms with Crippen molar-refractivity contribution in [3.63, 3.8) is 0 Å². The van der Waals surface area contributed by atoms with Gasteiger partial charge in [-0.15, -0.1) is 0 Å². The normalized spacial score (nSPS) is 23.5. The van der Waals surface area contributed by atoms with Crippen LogP contribution >= 0.6 is 0 Å². The van der Waals surface area contributed by atoms with Crippen LogP contribution in [0.3, 0.4) is 0 Å². The van der Waals surface area contributed by atoms with Crippen molar-refractivity contribution < 1.29 is 9.59 Å². The molecule has 2 fully saturated rings. The zero-order chi connectivity index (χ0) is 29.2. The van der Waals surface area contributed by atoms with Gasteiger partial charge in [0.1, 0.15) is 0 Å². The average molecular weight is 568 g/mol. The number of rotatable bonds is 25. The lowest BCUT2D eigenvalue weighted by molar-refractivity contribution is -0.136. The zero-order valence-corrected chi connectivity index (χ0v) is 27.2. The monoisotopic (exact) mass is 568 g/mol. The van der Waals surface area contributed by atoms with Crippen molar-refractivity contribution in [3.8, 4) is 0 Å². The van der Waals surface area contributed by atoms with Gasteiger partial charge in [-0.3, -0.25) is 14.5 Å². The minimum absolute atomic E-state index is 0.144. The fourth-order valence-electron chi connectivity index (χ4n) is 8.32. The molecule has 3 heteroatoms. The standard InChI is InChI=1S/C38H65NO2/c1-3-33(2)35(38-29-27-34(32-38)28-30-38)24-22-20-18-16-14-12-10-8-6-4-5-7-9-11-13-15-17-19-21-23-31-39-36(40)25-26-37(39)41/h20,22,25-26,33-35H,3-19,21,23-24,27-32H2,1-2H3. The summed E-state index contributed by atoms with van der Waals surface area (Å²) in [6.45, 7) is 5.51. The molecule has 0 aromatic rings. The second-order valence-electron chi connectivity index (χ2n) is 14.2. The van der Waals surface area contributed by atoms with Gasteiger partial charge in [0.2, 0.25) is 0 Å². The van der Waals surface area contributed by atoms with Crippen LogP contribution in [0, 0.1) is 23.2 Å². The number of amides is 2. The summed E-state index contributed by atoms with van der Waals surface area (Å²) in [5, 5.41) is 0. The molecule has 3 nitrogen and oxygen atoms in total. The number of allylic oxidation sites excluding steroid dienone is 2. The Morgan fingerprint density at radius 1 is 0.732 bits per heavy atom. The molecule has 3 rings (SSSR count). The van der Waals surface area contributed by atoms with Crippen molar-refractivity contribution in [2.45, 2.75) is 174 Å². The summed E-state index contributed by atoms with van der Waals surface area (Å²) in [6, 6.07) is 0. The maximum atomic E-state index is 11.5. The third kappa shape index (κ3) is 12.0. The minimum Gasteiger partial charge on any atom is -0.275 e. The van der Waals surface area contributed by atoms with E-state index in [1.54, 1.807) is 6.42 Å². The van der Waals surface area contributed by atoms with E-state index in [4.69, 9.17) is 0 Å². The summed E-state index contributed by atoms with van der Waals surface area (Å²) in [7, 11) is 0. The van der Waals surface area contributed by atoms with Crippen LogP contribution in [0.25, 0.3) is 0 Å². The van der Waals surface area contributed by atoms with Gasteiger partial charge < -0.3 is 0 Å². The Kier molecular flexibility index (Phi) is 16.4. The predicted octanol–water partition coefficient (Wildman–Crippen LogP) is 11.1. The number of hydrogen-bond acceptors (Lipinski definition) is 2. The Morgan fingerprint density at radius 2 is 1.20 bits per heavy atom. The predicted molar refractivity (Wildman–Crippen MR) is 175 cm³/mol. The minimum atomic E-state index is -0.144. The van der Waals surface area contributed by atoms with Crippen LogP contribution in [-0.4, -0.2) is 23.3 Å². The van der Waals surface area contributed by atoms with Gasteiger partial charge in [-0.2, -0.15) is 0 Å². The summed E-state index contributed by atoms with van der Waals surface area (Å²) >= 11 is 0. The van der Waals surface area contributed by atoms with Gasteiger partial charge in [0, 0.05) is 18.7 Å². The van der Waals surface area contributed by atoms with Crippen LogP contribution in [0.1, 0.15) is 174 Å². The number of hydrogen-bond donors (Lipinski definition) is 0. The first kappa shape index (κ1) is 34.1. The topological polar surface area (TPSA) is 37.4 Å². The molecule has 41 heavy (non-hydrogen) atoms. The largest absolute Gasteiger partial charge is 0.275 e. The summed E-state index contributed by atoms with van der Waals surface area (Å²) < 4.78 is 0. The summed E-state index contributed by atoms with van der Waals surface area (Å²) in [4.78, 5) is 24.4. The Bertz CT molecular complexity index is 772. The molecular weight excluding hydrogens is 502 g/mol. The van der Waals surface area contributed by atoms with Crippen LogP contribution in [0.4, 0.5) is 0 Å². The highest BCUT2D eigenvalue weighted by Crippen LogP contribution is 2.60. The van der Waals surface area contributed by atoms with Gasteiger partial charge in [-0.1, -0.05) is 129 Å². The molecule has 2 amide bonds. The highest BCUT2D eigenvalue weighted by Gasteiger charge is 2.49. The molecule has 0 radical (unpaired) electrons. The van der Waals surface area contributed by atoms with Crippen LogP contribution < -0.4 is 0 Å². The molecule has 0 aromatic heterocycles. The second-order valence-corrected chi connectivity index (χ2v) is 14.2. The summed E-state index contributed by atoms with van der Waals surface area (Å²) in [5.41, 5.74) is 0.715. The molecule has 0 N–H and O–H groups in total. The van der Waals surface area contributed by atoms with Gasteiger partial charge >= 0.3 is 0 Å². The molecule has 234 valence electrons. The number of carbonyl (C=O) groups excluding carboxylic acids is 2. The van der Waals surface area contributed by atoms with Gasteiger partial charge in [0.25, 0.3) is 11.8 Å². The van der Waals surface area contributed by atoms with E-state index in [1.807, 2.05) is 0 Å². The van der Waals surface area contributed by atoms with Crippen molar-refractivity contribution in [2.75, 3.05) is 6.54 Å². The smallest absolute Gasteiger partial charge is 0.253 e. The highest BCUT2D eigenvalue weighted by atomic mass is 16.2. The van der Waals surface area contributed by atoms with E-state index in [-0.39, 0.29) is 11.8 Å². The van der Waals surface area contributed by atoms with Crippen molar-refractivity contribution in [3.05, 3.63) is 24.3 Å². The molecular formula is C38H65NO2. The lowest BCUT2D eigenvalue weighted by Crippen LogP contribution is -2.30. The van der Waals surface area contributed by atoms with E-state index in [9.17, 15) is 9.59 Å². The number of carbonyl (C=O) groups is 2. The molecule has 2 aliphatic carbocycles. The van der Waals surface area contributed by atoms with Crippen molar-refractivity contribution in [1.29, 1.82) is 0 Å². The molecule has 2 unspecified atom stereocenters. The summed E-state index contributed by atoms with van der Waals surface area (Å²) in [5.74, 6) is 2.61. The van der Waals surface area contributed by atoms with Gasteiger partial charge in [-0.25, -0.2) is 0 Å². The lowest BCUT2D eigenvalue weighted by Gasteiger charge is -2.39. The molecule has 0 saturated heterocycles. The maximum Gasteiger partial charge on any atom is 0.253 e. The van der Waals surface area contributed by atoms with Crippen molar-refractivity contribution in [1.82, 2.24) is 4.90 Å². The Morgan fingerprint density at radius 3 is 1.63 bits per heavy atom. The lowest BCUT2D eigenvalue weighted by atomic mass is 9.66. The summed E-state index contributed by atoms with van der Waals surface area (Å²) in [6.07, 6.45) is 42.3. The van der Waals surface area contributed by atoms with E-state index in [0.29, 0.717) is 12.0 Å². The Labute approximate surface area is 254 Å². The molecule has 1 heterocycles. The highest BCUT2D eigenvalue weighted by molar-refractivity contribution is 6.12. The molecule has 0 aromatic carbocycles. The first-order valence-electron chi connectivity index (χ1n) is 18.2. The van der Waals surface area contributed by atoms with Crippen molar-refractivity contribution >= 4 is 11.8 Å². The van der Waals surface area contributed by atoms with Crippen LogP contribution in [0.5, 0.6) is 0 Å². The van der Waals surface area contributed by atoms with E-state index in [0.717, 1.165) is 30.6 Å². The zero-order valence-electron chi connectivity index (χ0n) is 27.2. The van der Waals surface area contributed by atoms with E-state index < -0.39 is 0 Å². The number of unbranched alkanes of at least 4 members (excludes halogenated alkanes) is 17. The van der Waals surface area contributed by atoms with E-state index in [2.05, 4.69) is 26.0 Å². The van der Waals surface area contributed by atoms with Gasteiger partial charge in [0.15, 0.2) is 0 Å². The fourth-order valence-corrected chi connectivity index (χ4v) is 8.32. The fraction of sp³-hybridized carbons (Fsp3) is 0.842. The average Bonchev–Trinajstić information content (AvgIpc) is 3.68. The van der Waals surface area contributed by atoms with Crippen LogP contribution in [-0.2, 0) is 9.59 Å². The molecule has 2 bridgehead atoms. The van der Waals surface area contributed by atoms with Crippen LogP contribution in [0.15, 0.2) is 24.3 Å². The third-order valence-electron chi connectivity index (χ3n) is 11.1. The SMILES string of the molecule is CCC(C)C(CC=CCCCCCCCCCCCCCCCCCCCN1C(=O)C=CC1=O)C12CCC(CC1)C2. The van der Waals surface area contributed by atoms with E-state index >= 15 is 0 Å². The third-order valence-corrected chi connectivity index (χ3v) is 11.1. The second kappa shape index (κ2) is 19.7. The quantitative estimate of drug-likeness (QED) is 0.0625. The first-order chi connectivity index (χ1) is 20.1. The first-order valence-corrected chi connectivity index (χ1v) is 18.2. The Balaban J connectivity index is 1.02. The van der Waals surface area contributed by atoms with E-state index in [1.165, 1.54) is 158 Å². The Hall–Kier alpha value is -1.38. The molecule has 3 aliphatic rings. The molecule has 0 spiro atoms. The van der Waals surface area contributed by atoms with Gasteiger partial charge in [0.05, 0.1) is 0 Å². The van der Waals surface area contributed by atoms with Crippen molar-refractivity contribution in [2.24, 2.45) is 23.2 Å². The number of imide groups is 1. The maximum absolute atomic E-state index is 11.5. The number of nitrogens with zero attached hydrogens (tertiary/aromatic N) is 1.